The molecule has 2 aromatic rings. The predicted molar refractivity (Wildman–Crippen MR) is 104 cm³/mol. The minimum atomic E-state index is -0.123. The normalized spacial score (nSPS) is 17.4. The van der Waals surface area contributed by atoms with E-state index in [-0.39, 0.29) is 17.9 Å². The number of likely N-dealkylation sites (tertiary alicyclic amines) is 1. The number of benzene rings is 1. The lowest BCUT2D eigenvalue weighted by Gasteiger charge is -2.32. The molecular formula is C21H26N4O3. The van der Waals surface area contributed by atoms with Crippen LogP contribution in [0.5, 0.6) is 5.75 Å². The Bertz CT molecular complexity index is 809. The van der Waals surface area contributed by atoms with E-state index in [0.717, 1.165) is 38.8 Å². The highest BCUT2D eigenvalue weighted by Crippen LogP contribution is 2.32. The molecule has 1 aliphatic heterocycles. The number of carbonyl (C=O) groups is 2. The Morgan fingerprint density at radius 2 is 1.96 bits per heavy atom. The van der Waals surface area contributed by atoms with Crippen molar-refractivity contribution in [2.24, 2.45) is 5.92 Å². The lowest BCUT2D eigenvalue weighted by atomic mass is 10.1. The van der Waals surface area contributed by atoms with Crippen molar-refractivity contribution in [3.05, 3.63) is 48.3 Å². The quantitative estimate of drug-likeness (QED) is 0.796. The molecule has 0 bridgehead atoms. The zero-order chi connectivity index (χ0) is 19.3. The summed E-state index contributed by atoms with van der Waals surface area (Å²) in [5.41, 5.74) is 0.583. The molecule has 2 heterocycles. The van der Waals surface area contributed by atoms with E-state index in [4.69, 9.17) is 4.74 Å². The van der Waals surface area contributed by atoms with Gasteiger partial charge in [-0.3, -0.25) is 14.3 Å². The Morgan fingerprint density at radius 1 is 1.14 bits per heavy atom. The van der Waals surface area contributed by atoms with Gasteiger partial charge in [0, 0.05) is 56.4 Å². The van der Waals surface area contributed by atoms with Crippen molar-refractivity contribution in [1.29, 1.82) is 0 Å². The molecule has 148 valence electrons. The average Bonchev–Trinajstić information content (AvgIpc) is 3.44. The topological polar surface area (TPSA) is 76.5 Å². The number of rotatable bonds is 7. The molecule has 28 heavy (non-hydrogen) atoms. The number of hydrogen-bond acceptors (Lipinski definition) is 4. The van der Waals surface area contributed by atoms with Crippen molar-refractivity contribution in [2.45, 2.75) is 38.3 Å². The van der Waals surface area contributed by atoms with Crippen LogP contribution in [0.3, 0.4) is 0 Å². The highest BCUT2D eigenvalue weighted by atomic mass is 16.5. The largest absolute Gasteiger partial charge is 0.490 e. The minimum Gasteiger partial charge on any atom is -0.490 e. The van der Waals surface area contributed by atoms with Crippen LogP contribution in [0.15, 0.2) is 42.7 Å². The number of aromatic nitrogens is 2. The molecule has 1 saturated carbocycles. The summed E-state index contributed by atoms with van der Waals surface area (Å²) in [5, 5.41) is 7.02. The number of nitrogens with zero attached hydrogens (tertiary/aromatic N) is 3. The van der Waals surface area contributed by atoms with Gasteiger partial charge in [-0.1, -0.05) is 6.07 Å². The Morgan fingerprint density at radius 3 is 2.68 bits per heavy atom. The van der Waals surface area contributed by atoms with E-state index in [2.05, 4.69) is 10.4 Å². The van der Waals surface area contributed by atoms with Crippen LogP contribution in [-0.2, 0) is 11.3 Å². The van der Waals surface area contributed by atoms with Gasteiger partial charge in [-0.15, -0.1) is 0 Å². The Hall–Kier alpha value is -2.83. The van der Waals surface area contributed by atoms with E-state index in [1.54, 1.807) is 23.0 Å². The maximum Gasteiger partial charge on any atom is 0.251 e. The zero-order valence-corrected chi connectivity index (χ0v) is 15.9. The van der Waals surface area contributed by atoms with Gasteiger partial charge in [0.05, 0.1) is 6.54 Å². The number of piperidine rings is 1. The van der Waals surface area contributed by atoms with Crippen LogP contribution in [0.1, 0.15) is 36.0 Å². The molecule has 1 aromatic heterocycles. The van der Waals surface area contributed by atoms with E-state index in [1.165, 1.54) is 0 Å². The van der Waals surface area contributed by atoms with Crippen LogP contribution < -0.4 is 10.1 Å². The van der Waals surface area contributed by atoms with Gasteiger partial charge < -0.3 is 15.0 Å². The number of ether oxygens (including phenoxy) is 1. The first-order valence-electron chi connectivity index (χ1n) is 10.0. The van der Waals surface area contributed by atoms with Gasteiger partial charge >= 0.3 is 0 Å². The first-order chi connectivity index (χ1) is 13.7. The summed E-state index contributed by atoms with van der Waals surface area (Å²) in [6, 6.07) is 9.14. The van der Waals surface area contributed by atoms with Crippen molar-refractivity contribution in [3.8, 4) is 5.75 Å². The van der Waals surface area contributed by atoms with Crippen LogP contribution in [0.4, 0.5) is 0 Å². The fourth-order valence-electron chi connectivity index (χ4n) is 3.50. The molecule has 1 aliphatic carbocycles. The van der Waals surface area contributed by atoms with E-state index in [9.17, 15) is 9.59 Å². The van der Waals surface area contributed by atoms with E-state index >= 15 is 0 Å². The van der Waals surface area contributed by atoms with E-state index < -0.39 is 0 Å². The lowest BCUT2D eigenvalue weighted by molar-refractivity contribution is -0.134. The fraction of sp³-hybridized carbons (Fsp3) is 0.476. The van der Waals surface area contributed by atoms with Gasteiger partial charge in [-0.05, 0) is 37.1 Å². The number of nitrogens with one attached hydrogen (secondary N) is 1. The van der Waals surface area contributed by atoms with Gasteiger partial charge in [0.2, 0.25) is 5.91 Å². The van der Waals surface area contributed by atoms with Gasteiger partial charge in [-0.2, -0.15) is 5.10 Å². The molecule has 2 amide bonds. The van der Waals surface area contributed by atoms with Crippen molar-refractivity contribution in [2.75, 3.05) is 19.6 Å². The fourth-order valence-corrected chi connectivity index (χ4v) is 3.50. The summed E-state index contributed by atoms with van der Waals surface area (Å²) >= 11 is 0. The van der Waals surface area contributed by atoms with E-state index in [0.29, 0.717) is 30.3 Å². The molecular weight excluding hydrogens is 356 g/mol. The molecule has 2 fully saturated rings. The molecule has 1 saturated heterocycles. The maximum atomic E-state index is 12.4. The first-order valence-corrected chi connectivity index (χ1v) is 10.0. The molecule has 1 aromatic carbocycles. The summed E-state index contributed by atoms with van der Waals surface area (Å²) in [5.74, 6) is 1.17. The van der Waals surface area contributed by atoms with Crippen LogP contribution in [0, 0.1) is 5.92 Å². The van der Waals surface area contributed by atoms with Crippen molar-refractivity contribution in [1.82, 2.24) is 20.0 Å². The molecule has 4 rings (SSSR count). The molecule has 7 nitrogen and oxygen atoms in total. The van der Waals surface area contributed by atoms with Gasteiger partial charge in [0.1, 0.15) is 11.9 Å². The monoisotopic (exact) mass is 382 g/mol. The predicted octanol–water partition coefficient (Wildman–Crippen LogP) is 2.09. The third-order valence-corrected chi connectivity index (χ3v) is 5.26. The molecule has 0 radical (unpaired) electrons. The molecule has 1 N–H and O–H groups in total. The second-order valence-electron chi connectivity index (χ2n) is 7.47. The second-order valence-corrected chi connectivity index (χ2v) is 7.47. The van der Waals surface area contributed by atoms with Gasteiger partial charge in [-0.25, -0.2) is 0 Å². The summed E-state index contributed by atoms with van der Waals surface area (Å²) in [6.45, 7) is 2.66. The summed E-state index contributed by atoms with van der Waals surface area (Å²) in [6.07, 6.45) is 7.43. The molecule has 0 unspecified atom stereocenters. The zero-order valence-electron chi connectivity index (χ0n) is 15.9. The lowest BCUT2D eigenvalue weighted by Crippen LogP contribution is -2.42. The highest BCUT2D eigenvalue weighted by molar-refractivity contribution is 5.94. The van der Waals surface area contributed by atoms with Crippen LogP contribution in [0.2, 0.25) is 0 Å². The molecule has 2 aliphatic rings. The smallest absolute Gasteiger partial charge is 0.251 e. The third-order valence-electron chi connectivity index (χ3n) is 5.26. The number of hydrogen-bond donors (Lipinski definition) is 1. The Labute approximate surface area is 164 Å². The molecule has 0 atom stereocenters. The van der Waals surface area contributed by atoms with Crippen LogP contribution in [0.25, 0.3) is 0 Å². The SMILES string of the molecule is O=C(NCCn1cccn1)c1cccc(OC2CCN(C(=O)C3CC3)CC2)c1. The third kappa shape index (κ3) is 4.71. The van der Waals surface area contributed by atoms with E-state index in [1.807, 2.05) is 29.3 Å². The first kappa shape index (κ1) is 18.5. The molecule has 7 heteroatoms. The second kappa shape index (κ2) is 8.46. The van der Waals surface area contributed by atoms with Crippen LogP contribution in [-0.4, -0.2) is 52.2 Å². The van der Waals surface area contributed by atoms with Crippen LogP contribution >= 0.6 is 0 Å². The Kier molecular flexibility index (Phi) is 5.60. The maximum absolute atomic E-state index is 12.4. The number of carbonyl (C=O) groups excluding carboxylic acids is 2. The van der Waals surface area contributed by atoms with Gasteiger partial charge in [0.15, 0.2) is 0 Å². The molecule has 0 spiro atoms. The standard InChI is InChI=1S/C21H26N4O3/c26-20(22-10-14-25-11-2-9-23-25)17-3-1-4-19(15-17)28-18-7-12-24(13-8-18)21(27)16-5-6-16/h1-4,9,11,15-16,18H,5-8,10,12-14H2,(H,22,26). The van der Waals surface area contributed by atoms with Crippen molar-refractivity contribution >= 4 is 11.8 Å². The summed E-state index contributed by atoms with van der Waals surface area (Å²) < 4.78 is 7.86. The summed E-state index contributed by atoms with van der Waals surface area (Å²) in [7, 11) is 0. The average molecular weight is 382 g/mol. The Balaban J connectivity index is 1.25. The van der Waals surface area contributed by atoms with Crippen molar-refractivity contribution in [3.63, 3.8) is 0 Å². The number of amides is 2. The minimum absolute atomic E-state index is 0.0846. The highest BCUT2D eigenvalue weighted by Gasteiger charge is 2.35. The summed E-state index contributed by atoms with van der Waals surface area (Å²) in [4.78, 5) is 26.5. The van der Waals surface area contributed by atoms with Crippen molar-refractivity contribution < 1.29 is 14.3 Å². The van der Waals surface area contributed by atoms with Gasteiger partial charge in [0.25, 0.3) is 5.91 Å².